The van der Waals surface area contributed by atoms with Crippen LogP contribution in [0.15, 0.2) is 36.5 Å². The SMILES string of the molecule is CNC(Cc1cccc(F)c1F)c1ncccc1F. The molecule has 2 nitrogen and oxygen atoms in total. The lowest BCUT2D eigenvalue weighted by Crippen LogP contribution is -2.22. The Morgan fingerprint density at radius 1 is 1.11 bits per heavy atom. The first kappa shape index (κ1) is 13.5. The summed E-state index contributed by atoms with van der Waals surface area (Å²) < 4.78 is 40.4. The lowest BCUT2D eigenvalue weighted by molar-refractivity contribution is 0.475. The van der Waals surface area contributed by atoms with E-state index in [1.165, 1.54) is 30.5 Å². The maximum absolute atomic E-state index is 13.6. The second-order valence-electron chi connectivity index (χ2n) is 4.13. The van der Waals surface area contributed by atoms with Gasteiger partial charge in [-0.1, -0.05) is 12.1 Å². The first-order valence-corrected chi connectivity index (χ1v) is 5.84. The molecule has 0 amide bonds. The monoisotopic (exact) mass is 266 g/mol. The molecule has 2 aromatic rings. The van der Waals surface area contributed by atoms with Crippen LogP contribution in [0.1, 0.15) is 17.3 Å². The van der Waals surface area contributed by atoms with E-state index in [1.807, 2.05) is 0 Å². The number of halogens is 3. The number of hydrogen-bond acceptors (Lipinski definition) is 2. The predicted octanol–water partition coefficient (Wildman–Crippen LogP) is 3.00. The molecule has 1 heterocycles. The van der Waals surface area contributed by atoms with E-state index in [-0.39, 0.29) is 17.7 Å². The molecular formula is C14H13F3N2. The number of rotatable bonds is 4. The molecule has 1 aromatic heterocycles. The van der Waals surface area contributed by atoms with Crippen LogP contribution in [0.2, 0.25) is 0 Å². The van der Waals surface area contributed by atoms with Gasteiger partial charge in [0.25, 0.3) is 0 Å². The van der Waals surface area contributed by atoms with Crippen molar-refractivity contribution in [2.45, 2.75) is 12.5 Å². The molecule has 19 heavy (non-hydrogen) atoms. The second-order valence-corrected chi connectivity index (χ2v) is 4.13. The molecule has 0 bridgehead atoms. The fourth-order valence-corrected chi connectivity index (χ4v) is 1.92. The summed E-state index contributed by atoms with van der Waals surface area (Å²) in [5.41, 5.74) is 0.373. The molecule has 0 spiro atoms. The van der Waals surface area contributed by atoms with Crippen molar-refractivity contribution in [2.75, 3.05) is 7.05 Å². The third kappa shape index (κ3) is 2.93. The lowest BCUT2D eigenvalue weighted by atomic mass is 10.0. The summed E-state index contributed by atoms with van der Waals surface area (Å²) in [6, 6.07) is 6.20. The van der Waals surface area contributed by atoms with E-state index < -0.39 is 23.5 Å². The van der Waals surface area contributed by atoms with Crippen molar-refractivity contribution in [1.82, 2.24) is 10.3 Å². The Kier molecular flexibility index (Phi) is 4.16. The minimum Gasteiger partial charge on any atom is -0.311 e. The maximum atomic E-state index is 13.6. The molecule has 1 atom stereocenters. The van der Waals surface area contributed by atoms with Crippen molar-refractivity contribution < 1.29 is 13.2 Å². The number of likely N-dealkylation sites (N-methyl/N-ethyl adjacent to an activating group) is 1. The van der Waals surface area contributed by atoms with E-state index in [9.17, 15) is 13.2 Å². The van der Waals surface area contributed by atoms with Gasteiger partial charge in [0.05, 0.1) is 11.7 Å². The van der Waals surface area contributed by atoms with Gasteiger partial charge in [-0.2, -0.15) is 0 Å². The molecule has 2 rings (SSSR count). The average molecular weight is 266 g/mol. The molecule has 100 valence electrons. The summed E-state index contributed by atoms with van der Waals surface area (Å²) in [4.78, 5) is 3.94. The summed E-state index contributed by atoms with van der Waals surface area (Å²) >= 11 is 0. The van der Waals surface area contributed by atoms with Gasteiger partial charge in [-0.15, -0.1) is 0 Å². The fourth-order valence-electron chi connectivity index (χ4n) is 1.92. The van der Waals surface area contributed by atoms with Crippen LogP contribution in [-0.4, -0.2) is 12.0 Å². The molecule has 1 aromatic carbocycles. The lowest BCUT2D eigenvalue weighted by Gasteiger charge is -2.16. The van der Waals surface area contributed by atoms with Crippen LogP contribution >= 0.6 is 0 Å². The van der Waals surface area contributed by atoms with Crippen LogP contribution in [-0.2, 0) is 6.42 Å². The normalized spacial score (nSPS) is 12.4. The minimum absolute atomic E-state index is 0.119. The van der Waals surface area contributed by atoms with E-state index in [1.54, 1.807) is 7.05 Å². The molecule has 5 heteroatoms. The summed E-state index contributed by atoms with van der Waals surface area (Å²) in [7, 11) is 1.62. The molecule has 0 aliphatic heterocycles. The van der Waals surface area contributed by atoms with Gasteiger partial charge in [-0.3, -0.25) is 4.98 Å². The van der Waals surface area contributed by atoms with Crippen molar-refractivity contribution in [2.24, 2.45) is 0 Å². The number of benzene rings is 1. The Hall–Kier alpha value is -1.88. The molecule has 1 unspecified atom stereocenters. The first-order chi connectivity index (χ1) is 9.13. The highest BCUT2D eigenvalue weighted by atomic mass is 19.2. The maximum Gasteiger partial charge on any atom is 0.162 e. The zero-order valence-electron chi connectivity index (χ0n) is 10.3. The van der Waals surface area contributed by atoms with E-state index in [2.05, 4.69) is 10.3 Å². The van der Waals surface area contributed by atoms with Crippen LogP contribution in [0.25, 0.3) is 0 Å². The van der Waals surface area contributed by atoms with Crippen molar-refractivity contribution in [3.63, 3.8) is 0 Å². The smallest absolute Gasteiger partial charge is 0.162 e. The Labute approximate surface area is 109 Å². The quantitative estimate of drug-likeness (QED) is 0.920. The van der Waals surface area contributed by atoms with Gasteiger partial charge >= 0.3 is 0 Å². The number of nitrogens with zero attached hydrogens (tertiary/aromatic N) is 1. The van der Waals surface area contributed by atoms with Crippen molar-refractivity contribution in [3.8, 4) is 0 Å². The zero-order chi connectivity index (χ0) is 13.8. The van der Waals surface area contributed by atoms with Crippen LogP contribution in [0.3, 0.4) is 0 Å². The molecular weight excluding hydrogens is 253 g/mol. The summed E-state index contributed by atoms with van der Waals surface area (Å²) in [6.45, 7) is 0. The summed E-state index contributed by atoms with van der Waals surface area (Å²) in [5, 5.41) is 2.86. The third-order valence-corrected chi connectivity index (χ3v) is 2.92. The van der Waals surface area contributed by atoms with Crippen molar-refractivity contribution in [1.29, 1.82) is 0 Å². The van der Waals surface area contributed by atoms with E-state index in [4.69, 9.17) is 0 Å². The third-order valence-electron chi connectivity index (χ3n) is 2.92. The Morgan fingerprint density at radius 2 is 1.84 bits per heavy atom. The highest BCUT2D eigenvalue weighted by Gasteiger charge is 2.18. The Bertz CT molecular complexity index is 572. The van der Waals surface area contributed by atoms with E-state index in [0.717, 1.165) is 6.07 Å². The molecule has 0 fully saturated rings. The summed E-state index contributed by atoms with van der Waals surface area (Å²) in [6.07, 6.45) is 1.58. The van der Waals surface area contributed by atoms with Crippen LogP contribution in [0.4, 0.5) is 13.2 Å². The summed E-state index contributed by atoms with van der Waals surface area (Å²) in [5.74, 6) is -2.29. The van der Waals surface area contributed by atoms with E-state index >= 15 is 0 Å². The largest absolute Gasteiger partial charge is 0.311 e. The minimum atomic E-state index is -0.908. The van der Waals surface area contributed by atoms with Gasteiger partial charge < -0.3 is 5.32 Å². The van der Waals surface area contributed by atoms with Gasteiger partial charge in [-0.25, -0.2) is 13.2 Å². The van der Waals surface area contributed by atoms with Gasteiger partial charge in [0.15, 0.2) is 11.6 Å². The molecule has 0 radical (unpaired) electrons. The van der Waals surface area contributed by atoms with Gasteiger partial charge in [-0.05, 0) is 37.2 Å². The topological polar surface area (TPSA) is 24.9 Å². The first-order valence-electron chi connectivity index (χ1n) is 5.84. The number of hydrogen-bond donors (Lipinski definition) is 1. The average Bonchev–Trinajstić information content (AvgIpc) is 2.41. The van der Waals surface area contributed by atoms with Gasteiger partial charge in [0, 0.05) is 6.20 Å². The molecule has 0 aliphatic carbocycles. The van der Waals surface area contributed by atoms with Crippen molar-refractivity contribution >= 4 is 0 Å². The Morgan fingerprint density at radius 3 is 2.53 bits per heavy atom. The highest BCUT2D eigenvalue weighted by molar-refractivity contribution is 5.22. The number of aromatic nitrogens is 1. The molecule has 0 aliphatic rings. The van der Waals surface area contributed by atoms with Crippen LogP contribution in [0, 0.1) is 17.5 Å². The number of pyridine rings is 1. The predicted molar refractivity (Wildman–Crippen MR) is 66.1 cm³/mol. The second kappa shape index (κ2) is 5.84. The van der Waals surface area contributed by atoms with Crippen LogP contribution < -0.4 is 5.32 Å². The molecule has 1 N–H and O–H groups in total. The van der Waals surface area contributed by atoms with E-state index in [0.29, 0.717) is 0 Å². The molecule has 0 saturated carbocycles. The van der Waals surface area contributed by atoms with Gasteiger partial charge in [0.1, 0.15) is 5.82 Å². The standard InChI is InChI=1S/C14H13F3N2/c1-18-12(14-11(16)6-3-7-19-14)8-9-4-2-5-10(15)13(9)17/h2-7,12,18H,8H2,1H3. The Balaban J connectivity index is 2.30. The van der Waals surface area contributed by atoms with Crippen LogP contribution in [0.5, 0.6) is 0 Å². The zero-order valence-corrected chi connectivity index (χ0v) is 10.3. The van der Waals surface area contributed by atoms with Crippen molar-refractivity contribution in [3.05, 3.63) is 65.2 Å². The fraction of sp³-hybridized carbons (Fsp3) is 0.214. The molecule has 0 saturated heterocycles. The van der Waals surface area contributed by atoms with Gasteiger partial charge in [0.2, 0.25) is 0 Å². The number of nitrogens with one attached hydrogen (secondary N) is 1. The highest BCUT2D eigenvalue weighted by Crippen LogP contribution is 2.21.